The second-order valence-electron chi connectivity index (χ2n) is 9.14. The SMILES string of the molecule is OC1(c2ccc(Cl)cc2)CCN(CCCN2c3ccccc3CCc3ccccc32)CC1. The molecule has 32 heavy (non-hydrogen) atoms. The number of rotatable bonds is 5. The van der Waals surface area contributed by atoms with Crippen LogP contribution in [-0.2, 0) is 18.4 Å². The molecule has 0 aromatic heterocycles. The number of halogens is 1. The van der Waals surface area contributed by atoms with Crippen molar-refractivity contribution in [3.8, 4) is 0 Å². The maximum atomic E-state index is 11.2. The Hall–Kier alpha value is -2.33. The zero-order valence-electron chi connectivity index (χ0n) is 18.5. The number of fused-ring (bicyclic) bond motifs is 2. The minimum atomic E-state index is -0.732. The number of likely N-dealkylation sites (tertiary alicyclic amines) is 1. The van der Waals surface area contributed by atoms with Crippen LogP contribution in [0.4, 0.5) is 11.4 Å². The van der Waals surface area contributed by atoms with Crippen molar-refractivity contribution in [2.24, 2.45) is 0 Å². The van der Waals surface area contributed by atoms with Gasteiger partial charge in [-0.25, -0.2) is 0 Å². The molecule has 0 bridgehead atoms. The third-order valence-electron chi connectivity index (χ3n) is 7.15. The Balaban J connectivity index is 1.22. The molecule has 3 aromatic rings. The predicted octanol–water partition coefficient (Wildman–Crippen LogP) is 5.95. The lowest BCUT2D eigenvalue weighted by atomic mass is 9.84. The summed E-state index contributed by atoms with van der Waals surface area (Å²) in [4.78, 5) is 5.02. The molecular formula is C28H31ClN2O. The van der Waals surface area contributed by atoms with Gasteiger partial charge in [0.05, 0.1) is 5.60 Å². The summed E-state index contributed by atoms with van der Waals surface area (Å²) in [5, 5.41) is 11.9. The maximum absolute atomic E-state index is 11.2. The van der Waals surface area contributed by atoms with E-state index in [-0.39, 0.29) is 0 Å². The van der Waals surface area contributed by atoms with Crippen molar-refractivity contribution in [3.05, 3.63) is 94.5 Å². The van der Waals surface area contributed by atoms with Crippen LogP contribution in [-0.4, -0.2) is 36.2 Å². The largest absolute Gasteiger partial charge is 0.385 e. The fraction of sp³-hybridized carbons (Fsp3) is 0.357. The summed E-state index contributed by atoms with van der Waals surface area (Å²) in [7, 11) is 0. The van der Waals surface area contributed by atoms with Crippen molar-refractivity contribution in [2.45, 2.75) is 37.7 Å². The highest BCUT2D eigenvalue weighted by Gasteiger charge is 2.33. The van der Waals surface area contributed by atoms with Crippen LogP contribution in [0.25, 0.3) is 0 Å². The predicted molar refractivity (Wildman–Crippen MR) is 133 cm³/mol. The Labute approximate surface area is 196 Å². The quantitative estimate of drug-likeness (QED) is 0.524. The third-order valence-corrected chi connectivity index (χ3v) is 7.40. The van der Waals surface area contributed by atoms with E-state index in [1.54, 1.807) is 0 Å². The van der Waals surface area contributed by atoms with E-state index in [0.717, 1.165) is 63.8 Å². The number of hydrogen-bond acceptors (Lipinski definition) is 3. The van der Waals surface area contributed by atoms with Crippen molar-refractivity contribution < 1.29 is 5.11 Å². The minimum absolute atomic E-state index is 0.714. The summed E-state index contributed by atoms with van der Waals surface area (Å²) in [6.07, 6.45) is 4.83. The van der Waals surface area contributed by atoms with Gasteiger partial charge >= 0.3 is 0 Å². The molecule has 0 atom stereocenters. The topological polar surface area (TPSA) is 26.7 Å². The molecule has 0 unspecified atom stereocenters. The van der Waals surface area contributed by atoms with Gasteiger partial charge in [0.15, 0.2) is 0 Å². The lowest BCUT2D eigenvalue weighted by molar-refractivity contribution is -0.0258. The van der Waals surface area contributed by atoms with Gasteiger partial charge in [-0.1, -0.05) is 60.1 Å². The number of piperidine rings is 1. The maximum Gasteiger partial charge on any atom is 0.0920 e. The van der Waals surface area contributed by atoms with Gasteiger partial charge in [0.2, 0.25) is 0 Å². The summed E-state index contributed by atoms with van der Waals surface area (Å²) in [6.45, 7) is 3.90. The number of nitrogens with zero attached hydrogens (tertiary/aromatic N) is 2. The number of hydrogen-bond donors (Lipinski definition) is 1. The molecule has 2 aliphatic rings. The van der Waals surface area contributed by atoms with Crippen molar-refractivity contribution in [1.82, 2.24) is 4.90 Å². The Morgan fingerprint density at radius 1 is 0.750 bits per heavy atom. The van der Waals surface area contributed by atoms with Crippen LogP contribution in [0.5, 0.6) is 0 Å². The summed E-state index contributed by atoms with van der Waals surface area (Å²) in [6, 6.07) is 25.4. The number of aliphatic hydroxyl groups is 1. The molecule has 0 aliphatic carbocycles. The first-order valence-electron chi connectivity index (χ1n) is 11.8. The van der Waals surface area contributed by atoms with Gasteiger partial charge in [0.1, 0.15) is 0 Å². The fourth-order valence-corrected chi connectivity index (χ4v) is 5.38. The van der Waals surface area contributed by atoms with E-state index >= 15 is 0 Å². The van der Waals surface area contributed by atoms with Crippen molar-refractivity contribution in [3.63, 3.8) is 0 Å². The summed E-state index contributed by atoms with van der Waals surface area (Å²) < 4.78 is 0. The van der Waals surface area contributed by atoms with Crippen LogP contribution in [0.1, 0.15) is 36.0 Å². The molecule has 2 aliphatic heterocycles. The lowest BCUT2D eigenvalue weighted by Crippen LogP contribution is -2.43. The third kappa shape index (κ3) is 4.43. The highest BCUT2D eigenvalue weighted by atomic mass is 35.5. The smallest absolute Gasteiger partial charge is 0.0920 e. The van der Waals surface area contributed by atoms with Crippen molar-refractivity contribution in [2.75, 3.05) is 31.1 Å². The van der Waals surface area contributed by atoms with E-state index < -0.39 is 5.60 Å². The van der Waals surface area contributed by atoms with E-state index in [4.69, 9.17) is 11.6 Å². The molecule has 3 nitrogen and oxygen atoms in total. The molecule has 166 valence electrons. The van der Waals surface area contributed by atoms with E-state index in [1.165, 1.54) is 22.5 Å². The van der Waals surface area contributed by atoms with Crippen LogP contribution in [0, 0.1) is 0 Å². The highest BCUT2D eigenvalue weighted by Crippen LogP contribution is 2.36. The van der Waals surface area contributed by atoms with Crippen LogP contribution in [0.15, 0.2) is 72.8 Å². The molecule has 3 aromatic carbocycles. The number of anilines is 2. The van der Waals surface area contributed by atoms with E-state index in [0.29, 0.717) is 5.02 Å². The number of benzene rings is 3. The first-order chi connectivity index (χ1) is 15.6. The first-order valence-corrected chi connectivity index (χ1v) is 12.1. The van der Waals surface area contributed by atoms with E-state index in [9.17, 15) is 5.11 Å². The lowest BCUT2D eigenvalue weighted by Gasteiger charge is -2.39. The molecule has 0 spiro atoms. The second-order valence-corrected chi connectivity index (χ2v) is 9.58. The molecule has 0 amide bonds. The van der Waals surface area contributed by atoms with Crippen LogP contribution < -0.4 is 4.90 Å². The van der Waals surface area contributed by atoms with Crippen LogP contribution >= 0.6 is 11.6 Å². The van der Waals surface area contributed by atoms with Gasteiger partial charge in [-0.2, -0.15) is 0 Å². The number of aryl methyl sites for hydroxylation is 2. The number of para-hydroxylation sites is 2. The fourth-order valence-electron chi connectivity index (χ4n) is 5.26. The molecule has 0 saturated carbocycles. The molecule has 0 radical (unpaired) electrons. The molecule has 4 heteroatoms. The standard InChI is InChI=1S/C28H31ClN2O/c29-25-14-12-24(13-15-25)28(32)16-20-30(21-17-28)18-5-19-31-26-8-3-1-6-22(26)10-11-23-7-2-4-9-27(23)31/h1-4,6-9,12-15,32H,5,10-11,16-21H2. The average Bonchev–Trinajstić information content (AvgIpc) is 2.98. The Kier molecular flexibility index (Phi) is 6.23. The summed E-state index contributed by atoms with van der Waals surface area (Å²) >= 11 is 6.02. The first kappa shape index (κ1) is 21.5. The molecule has 1 fully saturated rings. The zero-order chi connectivity index (χ0) is 22.0. The summed E-state index contributed by atoms with van der Waals surface area (Å²) in [5.74, 6) is 0. The molecule has 2 heterocycles. The van der Waals surface area contributed by atoms with Gasteiger partial charge < -0.3 is 14.9 Å². The monoisotopic (exact) mass is 446 g/mol. The average molecular weight is 447 g/mol. The van der Waals surface area contributed by atoms with Crippen LogP contribution in [0.2, 0.25) is 5.02 Å². The van der Waals surface area contributed by atoms with Gasteiger partial charge in [-0.05, 0) is 79.6 Å². The summed E-state index contributed by atoms with van der Waals surface area (Å²) in [5.41, 5.74) is 5.84. The van der Waals surface area contributed by atoms with E-state index in [1.807, 2.05) is 24.3 Å². The van der Waals surface area contributed by atoms with Gasteiger partial charge in [-0.15, -0.1) is 0 Å². The van der Waals surface area contributed by atoms with Gasteiger partial charge in [0.25, 0.3) is 0 Å². The van der Waals surface area contributed by atoms with Gasteiger partial charge in [-0.3, -0.25) is 0 Å². The minimum Gasteiger partial charge on any atom is -0.385 e. The molecule has 1 saturated heterocycles. The molecule has 1 N–H and O–H groups in total. The second kappa shape index (κ2) is 9.27. The normalized spacial score (nSPS) is 18.0. The molecule has 5 rings (SSSR count). The Morgan fingerprint density at radius 3 is 1.91 bits per heavy atom. The van der Waals surface area contributed by atoms with Crippen molar-refractivity contribution >= 4 is 23.0 Å². The van der Waals surface area contributed by atoms with Crippen molar-refractivity contribution in [1.29, 1.82) is 0 Å². The highest BCUT2D eigenvalue weighted by molar-refractivity contribution is 6.30. The zero-order valence-corrected chi connectivity index (χ0v) is 19.3. The molecular weight excluding hydrogens is 416 g/mol. The van der Waals surface area contributed by atoms with E-state index in [2.05, 4.69) is 58.3 Å². The van der Waals surface area contributed by atoms with Gasteiger partial charge in [0, 0.05) is 36.0 Å². The Morgan fingerprint density at radius 2 is 1.31 bits per heavy atom. The Bertz CT molecular complexity index is 1010. The van der Waals surface area contributed by atoms with Crippen LogP contribution in [0.3, 0.4) is 0 Å².